The van der Waals surface area contributed by atoms with Gasteiger partial charge in [0.15, 0.2) is 0 Å². The van der Waals surface area contributed by atoms with Crippen molar-refractivity contribution in [1.82, 2.24) is 0 Å². The van der Waals surface area contributed by atoms with Gasteiger partial charge in [-0.05, 0) is 12.8 Å². The van der Waals surface area contributed by atoms with E-state index in [0.29, 0.717) is 0 Å². The van der Waals surface area contributed by atoms with Crippen molar-refractivity contribution in [1.29, 1.82) is 0 Å². The van der Waals surface area contributed by atoms with E-state index in [-0.39, 0.29) is 12.8 Å². The van der Waals surface area contributed by atoms with E-state index in [0.717, 1.165) is 0 Å². The maximum absolute atomic E-state index is 10.9. The van der Waals surface area contributed by atoms with Gasteiger partial charge in [0.05, 0.1) is 17.8 Å². The van der Waals surface area contributed by atoms with E-state index in [9.17, 15) is 14.4 Å². The van der Waals surface area contributed by atoms with Gasteiger partial charge in [0.25, 0.3) is 0 Å². The molecular formula is C10H16O6. The zero-order valence-electron chi connectivity index (χ0n) is 9.21. The fourth-order valence-electron chi connectivity index (χ4n) is 1.44. The van der Waals surface area contributed by atoms with Gasteiger partial charge in [-0.2, -0.15) is 0 Å². The van der Waals surface area contributed by atoms with Gasteiger partial charge < -0.3 is 15.3 Å². The molecule has 0 rings (SSSR count). The summed E-state index contributed by atoms with van der Waals surface area (Å²) in [5.41, 5.74) is 0. The van der Waals surface area contributed by atoms with Crippen LogP contribution in [0, 0.1) is 17.8 Å². The van der Waals surface area contributed by atoms with E-state index in [4.69, 9.17) is 15.3 Å². The Hall–Kier alpha value is -1.59. The Labute approximate surface area is 92.9 Å². The van der Waals surface area contributed by atoms with Crippen molar-refractivity contribution in [2.75, 3.05) is 0 Å². The summed E-state index contributed by atoms with van der Waals surface area (Å²) in [5, 5.41) is 26.4. The zero-order valence-corrected chi connectivity index (χ0v) is 9.21. The minimum atomic E-state index is -1.27. The molecule has 3 unspecified atom stereocenters. The molecule has 0 aliphatic heterocycles. The molecule has 0 aromatic rings. The molecule has 6 nitrogen and oxygen atoms in total. The van der Waals surface area contributed by atoms with Crippen molar-refractivity contribution in [3.8, 4) is 0 Å². The number of carbonyl (C=O) groups is 3. The molecule has 0 aromatic heterocycles. The van der Waals surface area contributed by atoms with Crippen molar-refractivity contribution in [2.45, 2.75) is 26.7 Å². The molecule has 16 heavy (non-hydrogen) atoms. The summed E-state index contributed by atoms with van der Waals surface area (Å²) in [4.78, 5) is 32.3. The van der Waals surface area contributed by atoms with Crippen LogP contribution in [0.15, 0.2) is 0 Å². The summed E-state index contributed by atoms with van der Waals surface area (Å²) in [6.45, 7) is 2.90. The van der Waals surface area contributed by atoms with Crippen LogP contribution in [0.25, 0.3) is 0 Å². The van der Waals surface area contributed by atoms with E-state index in [1.807, 2.05) is 0 Å². The Morgan fingerprint density at radius 3 is 1.75 bits per heavy atom. The number of hydrogen-bond donors (Lipinski definition) is 3. The lowest BCUT2D eigenvalue weighted by Crippen LogP contribution is -2.31. The van der Waals surface area contributed by atoms with Gasteiger partial charge in [0.1, 0.15) is 0 Å². The van der Waals surface area contributed by atoms with E-state index >= 15 is 0 Å². The average Bonchev–Trinajstić information content (AvgIpc) is 2.17. The summed E-state index contributed by atoms with van der Waals surface area (Å²) >= 11 is 0. The van der Waals surface area contributed by atoms with Crippen LogP contribution in [-0.4, -0.2) is 33.2 Å². The van der Waals surface area contributed by atoms with Gasteiger partial charge in [-0.25, -0.2) is 0 Å². The fraction of sp³-hybridized carbons (Fsp3) is 0.700. The summed E-state index contributed by atoms with van der Waals surface area (Å²) in [7, 11) is 0. The van der Waals surface area contributed by atoms with E-state index in [2.05, 4.69) is 0 Å². The van der Waals surface area contributed by atoms with Crippen molar-refractivity contribution >= 4 is 17.9 Å². The Morgan fingerprint density at radius 2 is 1.50 bits per heavy atom. The van der Waals surface area contributed by atoms with Crippen LogP contribution >= 0.6 is 0 Å². The molecule has 0 spiro atoms. The first kappa shape index (κ1) is 14.4. The summed E-state index contributed by atoms with van der Waals surface area (Å²) in [6, 6.07) is 0. The van der Waals surface area contributed by atoms with Gasteiger partial charge >= 0.3 is 17.9 Å². The Morgan fingerprint density at radius 1 is 1.00 bits per heavy atom. The van der Waals surface area contributed by atoms with Crippen LogP contribution in [0.3, 0.4) is 0 Å². The Bertz CT molecular complexity index is 285. The molecule has 0 aliphatic rings. The molecule has 0 radical (unpaired) electrons. The normalized spacial score (nSPS) is 16.1. The minimum absolute atomic E-state index is 0.158. The summed E-state index contributed by atoms with van der Waals surface area (Å²) in [6.07, 6.45) is 0.125. The molecule has 0 amide bonds. The molecule has 3 N–H and O–H groups in total. The first-order valence-electron chi connectivity index (χ1n) is 4.99. The van der Waals surface area contributed by atoms with Gasteiger partial charge in [-0.15, -0.1) is 0 Å². The third-order valence-electron chi connectivity index (χ3n) is 2.69. The number of carboxylic acids is 3. The Balaban J connectivity index is 4.74. The topological polar surface area (TPSA) is 112 Å². The Kier molecular flexibility index (Phi) is 5.49. The lowest BCUT2D eigenvalue weighted by molar-refractivity contribution is -0.155. The second-order valence-corrected chi connectivity index (χ2v) is 3.75. The third-order valence-corrected chi connectivity index (χ3v) is 2.69. The van der Waals surface area contributed by atoms with Crippen molar-refractivity contribution in [3.63, 3.8) is 0 Å². The molecule has 6 heteroatoms. The SMILES string of the molecule is CCC(CC(C(=O)O)C(C)C(=O)O)C(=O)O. The zero-order chi connectivity index (χ0) is 12.9. The average molecular weight is 232 g/mol. The molecule has 0 saturated carbocycles. The number of aliphatic carboxylic acids is 3. The maximum atomic E-state index is 10.9. The molecule has 0 bridgehead atoms. The molecule has 0 heterocycles. The smallest absolute Gasteiger partial charge is 0.307 e. The van der Waals surface area contributed by atoms with Gasteiger partial charge in [0, 0.05) is 0 Å². The highest BCUT2D eigenvalue weighted by Gasteiger charge is 2.33. The van der Waals surface area contributed by atoms with Gasteiger partial charge in [-0.3, -0.25) is 14.4 Å². The summed E-state index contributed by atoms with van der Waals surface area (Å²) in [5.74, 6) is -6.67. The van der Waals surface area contributed by atoms with Gasteiger partial charge in [-0.1, -0.05) is 13.8 Å². The highest BCUT2D eigenvalue weighted by atomic mass is 16.4. The molecule has 0 fully saturated rings. The maximum Gasteiger partial charge on any atom is 0.307 e. The lowest BCUT2D eigenvalue weighted by Gasteiger charge is -2.19. The highest BCUT2D eigenvalue weighted by molar-refractivity contribution is 5.80. The first-order chi connectivity index (χ1) is 7.31. The fourth-order valence-corrected chi connectivity index (χ4v) is 1.44. The second kappa shape index (κ2) is 6.09. The largest absolute Gasteiger partial charge is 0.481 e. The van der Waals surface area contributed by atoms with Crippen LogP contribution in [0.5, 0.6) is 0 Å². The minimum Gasteiger partial charge on any atom is -0.481 e. The van der Waals surface area contributed by atoms with E-state index in [1.54, 1.807) is 6.92 Å². The number of hydrogen-bond acceptors (Lipinski definition) is 3. The van der Waals surface area contributed by atoms with Crippen molar-refractivity contribution in [3.05, 3.63) is 0 Å². The highest BCUT2D eigenvalue weighted by Crippen LogP contribution is 2.23. The van der Waals surface area contributed by atoms with Crippen LogP contribution in [0.1, 0.15) is 26.7 Å². The van der Waals surface area contributed by atoms with Crippen molar-refractivity contribution < 1.29 is 29.7 Å². The predicted octanol–water partition coefficient (Wildman–Crippen LogP) is 0.909. The van der Waals surface area contributed by atoms with E-state index in [1.165, 1.54) is 6.92 Å². The van der Waals surface area contributed by atoms with Crippen LogP contribution < -0.4 is 0 Å². The van der Waals surface area contributed by atoms with Crippen LogP contribution in [0.2, 0.25) is 0 Å². The molecular weight excluding hydrogens is 216 g/mol. The standard InChI is InChI=1S/C10H16O6/c1-3-6(9(13)14)4-7(10(15)16)5(2)8(11)12/h5-7H,3-4H2,1-2H3,(H,11,12)(H,13,14)(H,15,16). The molecule has 92 valence electrons. The van der Waals surface area contributed by atoms with Gasteiger partial charge in [0.2, 0.25) is 0 Å². The first-order valence-corrected chi connectivity index (χ1v) is 4.99. The number of carboxylic acid groups (broad SMARTS) is 3. The molecule has 0 saturated heterocycles. The van der Waals surface area contributed by atoms with E-state index < -0.39 is 35.7 Å². The summed E-state index contributed by atoms with van der Waals surface area (Å²) < 4.78 is 0. The monoisotopic (exact) mass is 232 g/mol. The van der Waals surface area contributed by atoms with Crippen LogP contribution in [-0.2, 0) is 14.4 Å². The van der Waals surface area contributed by atoms with Crippen molar-refractivity contribution in [2.24, 2.45) is 17.8 Å². The number of rotatable bonds is 7. The predicted molar refractivity (Wildman–Crippen MR) is 54.0 cm³/mol. The molecule has 3 atom stereocenters. The second-order valence-electron chi connectivity index (χ2n) is 3.75. The molecule has 0 aromatic carbocycles. The lowest BCUT2D eigenvalue weighted by atomic mass is 9.84. The third kappa shape index (κ3) is 3.88. The molecule has 0 aliphatic carbocycles. The van der Waals surface area contributed by atoms with Crippen LogP contribution in [0.4, 0.5) is 0 Å². The quantitative estimate of drug-likeness (QED) is 0.601.